The van der Waals surface area contributed by atoms with Crippen LogP contribution in [0.2, 0.25) is 5.02 Å². The van der Waals surface area contributed by atoms with Gasteiger partial charge in [0.2, 0.25) is 0 Å². The van der Waals surface area contributed by atoms with Crippen molar-refractivity contribution in [2.75, 3.05) is 0 Å². The van der Waals surface area contributed by atoms with E-state index in [9.17, 15) is 4.39 Å². The first-order valence-corrected chi connectivity index (χ1v) is 6.72. The Morgan fingerprint density at radius 1 is 1.47 bits per heavy atom. The van der Waals surface area contributed by atoms with E-state index in [1.165, 1.54) is 25.0 Å². The first-order chi connectivity index (χ1) is 9.13. The van der Waals surface area contributed by atoms with E-state index in [-0.39, 0.29) is 5.82 Å². The molecule has 1 aliphatic carbocycles. The quantitative estimate of drug-likeness (QED) is 0.932. The van der Waals surface area contributed by atoms with E-state index < -0.39 is 0 Å². The van der Waals surface area contributed by atoms with Gasteiger partial charge in [-0.25, -0.2) is 4.39 Å². The van der Waals surface area contributed by atoms with Gasteiger partial charge in [0.15, 0.2) is 0 Å². The Balaban J connectivity index is 1.93. The predicted octanol–water partition coefficient (Wildman–Crippen LogP) is 3.13. The van der Waals surface area contributed by atoms with Gasteiger partial charge < -0.3 is 5.32 Å². The van der Waals surface area contributed by atoms with Gasteiger partial charge in [-0.05, 0) is 31.0 Å². The molecule has 1 N–H and O–H groups in total. The van der Waals surface area contributed by atoms with Crippen molar-refractivity contribution in [3.05, 3.63) is 40.8 Å². The summed E-state index contributed by atoms with van der Waals surface area (Å²) in [5, 5.41) is 8.29. The highest BCUT2D eigenvalue weighted by atomic mass is 35.5. The van der Waals surface area contributed by atoms with Crippen LogP contribution in [0, 0.1) is 5.82 Å². The van der Waals surface area contributed by atoms with Gasteiger partial charge in [0.05, 0.1) is 10.7 Å². The standard InChI is InChI=1S/C14H15ClFN3/c1-19-8-9(7-17-11-3-4-11)14(18-19)12-5-2-10(16)6-13(12)15/h2,5-6,8,11,17H,3-4,7H2,1H3. The Kier molecular flexibility index (Phi) is 3.29. The second-order valence-corrected chi connectivity index (χ2v) is 5.36. The Morgan fingerprint density at radius 2 is 2.26 bits per heavy atom. The molecule has 3 rings (SSSR count). The highest BCUT2D eigenvalue weighted by molar-refractivity contribution is 6.33. The third-order valence-electron chi connectivity index (χ3n) is 3.25. The molecule has 0 radical (unpaired) electrons. The van der Waals surface area contributed by atoms with Gasteiger partial charge in [0.25, 0.3) is 0 Å². The first-order valence-electron chi connectivity index (χ1n) is 6.35. The van der Waals surface area contributed by atoms with Gasteiger partial charge in [-0.3, -0.25) is 4.68 Å². The number of halogens is 2. The van der Waals surface area contributed by atoms with Gasteiger partial charge in [-0.15, -0.1) is 0 Å². The van der Waals surface area contributed by atoms with Crippen LogP contribution in [0.25, 0.3) is 11.3 Å². The summed E-state index contributed by atoms with van der Waals surface area (Å²) < 4.78 is 14.9. The van der Waals surface area contributed by atoms with E-state index in [1.54, 1.807) is 10.7 Å². The van der Waals surface area contributed by atoms with Crippen LogP contribution in [0.4, 0.5) is 4.39 Å². The molecular weight excluding hydrogens is 265 g/mol. The largest absolute Gasteiger partial charge is 0.310 e. The van der Waals surface area contributed by atoms with E-state index in [2.05, 4.69) is 10.4 Å². The molecule has 1 heterocycles. The first kappa shape index (κ1) is 12.6. The van der Waals surface area contributed by atoms with Crippen LogP contribution >= 0.6 is 11.6 Å². The Bertz CT molecular complexity index is 605. The molecule has 1 saturated carbocycles. The lowest BCUT2D eigenvalue weighted by atomic mass is 10.1. The van der Waals surface area contributed by atoms with Crippen molar-refractivity contribution in [1.82, 2.24) is 15.1 Å². The number of hydrogen-bond donors (Lipinski definition) is 1. The number of hydrogen-bond acceptors (Lipinski definition) is 2. The summed E-state index contributed by atoms with van der Waals surface area (Å²) in [5.41, 5.74) is 2.68. The number of aryl methyl sites for hydroxylation is 1. The highest BCUT2D eigenvalue weighted by Gasteiger charge is 2.21. The van der Waals surface area contributed by atoms with Crippen LogP contribution in [0.15, 0.2) is 24.4 Å². The highest BCUT2D eigenvalue weighted by Crippen LogP contribution is 2.30. The maximum atomic E-state index is 13.1. The molecule has 1 aliphatic rings. The Morgan fingerprint density at radius 3 is 2.95 bits per heavy atom. The van der Waals surface area contributed by atoms with Gasteiger partial charge in [0, 0.05) is 37.0 Å². The molecule has 0 aliphatic heterocycles. The minimum absolute atomic E-state index is 0.331. The van der Waals surface area contributed by atoms with Crippen molar-refractivity contribution in [3.8, 4) is 11.3 Å². The number of nitrogens with one attached hydrogen (secondary N) is 1. The normalized spacial score (nSPS) is 14.9. The van der Waals surface area contributed by atoms with Crippen LogP contribution < -0.4 is 5.32 Å². The predicted molar refractivity (Wildman–Crippen MR) is 73.5 cm³/mol. The second-order valence-electron chi connectivity index (χ2n) is 4.96. The maximum absolute atomic E-state index is 13.1. The summed E-state index contributed by atoms with van der Waals surface area (Å²) in [4.78, 5) is 0. The van der Waals surface area contributed by atoms with Crippen LogP contribution in [0.5, 0.6) is 0 Å². The van der Waals surface area contributed by atoms with Gasteiger partial charge in [-0.2, -0.15) is 5.10 Å². The number of rotatable bonds is 4. The minimum atomic E-state index is -0.331. The van der Waals surface area contributed by atoms with Gasteiger partial charge in [0.1, 0.15) is 5.82 Å². The van der Waals surface area contributed by atoms with Crippen molar-refractivity contribution in [2.24, 2.45) is 7.05 Å². The Hall–Kier alpha value is -1.39. The SMILES string of the molecule is Cn1cc(CNC2CC2)c(-c2ccc(F)cc2Cl)n1. The summed E-state index contributed by atoms with van der Waals surface area (Å²) >= 11 is 6.11. The average molecular weight is 280 g/mol. The fraction of sp³-hybridized carbons (Fsp3) is 0.357. The van der Waals surface area contributed by atoms with E-state index in [0.29, 0.717) is 11.1 Å². The topological polar surface area (TPSA) is 29.9 Å². The molecule has 0 bridgehead atoms. The van der Waals surface area contributed by atoms with Crippen LogP contribution in [-0.4, -0.2) is 15.8 Å². The third kappa shape index (κ3) is 2.80. The molecular formula is C14H15ClFN3. The van der Waals surface area contributed by atoms with Gasteiger partial charge >= 0.3 is 0 Å². The molecule has 0 amide bonds. The average Bonchev–Trinajstić information content (AvgIpc) is 3.10. The molecule has 1 aromatic heterocycles. The number of nitrogens with zero attached hydrogens (tertiary/aromatic N) is 2. The summed E-state index contributed by atoms with van der Waals surface area (Å²) in [6, 6.07) is 5.05. The minimum Gasteiger partial charge on any atom is -0.310 e. The van der Waals surface area contributed by atoms with E-state index in [0.717, 1.165) is 23.4 Å². The summed E-state index contributed by atoms with van der Waals surface area (Å²) in [7, 11) is 1.88. The van der Waals surface area contributed by atoms with Crippen molar-refractivity contribution in [1.29, 1.82) is 0 Å². The fourth-order valence-corrected chi connectivity index (χ4v) is 2.37. The molecule has 1 aromatic carbocycles. The zero-order chi connectivity index (χ0) is 13.4. The lowest BCUT2D eigenvalue weighted by Gasteiger charge is -2.05. The molecule has 0 atom stereocenters. The fourth-order valence-electron chi connectivity index (χ4n) is 2.12. The zero-order valence-corrected chi connectivity index (χ0v) is 11.4. The summed E-state index contributed by atoms with van der Waals surface area (Å²) in [6.07, 6.45) is 4.46. The number of benzene rings is 1. The molecule has 0 spiro atoms. The maximum Gasteiger partial charge on any atom is 0.124 e. The Labute approximate surface area is 116 Å². The number of aromatic nitrogens is 2. The van der Waals surface area contributed by atoms with Crippen molar-refractivity contribution in [2.45, 2.75) is 25.4 Å². The summed E-state index contributed by atoms with van der Waals surface area (Å²) in [5.74, 6) is -0.331. The van der Waals surface area contributed by atoms with Crippen LogP contribution in [0.1, 0.15) is 18.4 Å². The lowest BCUT2D eigenvalue weighted by Crippen LogP contribution is -2.15. The molecule has 3 nitrogen and oxygen atoms in total. The molecule has 19 heavy (non-hydrogen) atoms. The molecule has 0 unspecified atom stereocenters. The van der Waals surface area contributed by atoms with Crippen LogP contribution in [0.3, 0.4) is 0 Å². The molecule has 2 aromatic rings. The van der Waals surface area contributed by atoms with E-state index in [1.807, 2.05) is 13.2 Å². The monoisotopic (exact) mass is 279 g/mol. The van der Waals surface area contributed by atoms with Crippen LogP contribution in [-0.2, 0) is 13.6 Å². The molecule has 100 valence electrons. The zero-order valence-electron chi connectivity index (χ0n) is 10.7. The van der Waals surface area contributed by atoms with E-state index in [4.69, 9.17) is 11.6 Å². The third-order valence-corrected chi connectivity index (χ3v) is 3.56. The molecule has 5 heteroatoms. The van der Waals surface area contributed by atoms with E-state index >= 15 is 0 Å². The smallest absolute Gasteiger partial charge is 0.124 e. The van der Waals surface area contributed by atoms with Crippen molar-refractivity contribution in [3.63, 3.8) is 0 Å². The second kappa shape index (κ2) is 4.94. The van der Waals surface area contributed by atoms with Gasteiger partial charge in [-0.1, -0.05) is 11.6 Å². The summed E-state index contributed by atoms with van der Waals surface area (Å²) in [6.45, 7) is 0.765. The van der Waals surface area contributed by atoms with Crippen molar-refractivity contribution < 1.29 is 4.39 Å². The van der Waals surface area contributed by atoms with Crippen molar-refractivity contribution >= 4 is 11.6 Å². The molecule has 1 fully saturated rings. The molecule has 0 saturated heterocycles. The lowest BCUT2D eigenvalue weighted by molar-refractivity contribution is 0.628.